The van der Waals surface area contributed by atoms with E-state index < -0.39 is 17.6 Å². The Balaban J connectivity index is 2.46. The second-order valence-electron chi connectivity index (χ2n) is 3.61. The van der Waals surface area contributed by atoms with E-state index in [0.717, 1.165) is 32.5 Å². The van der Waals surface area contributed by atoms with E-state index in [4.69, 9.17) is 5.11 Å². The molecule has 1 heterocycles. The minimum absolute atomic E-state index is 0.128. The van der Waals surface area contributed by atoms with E-state index in [0.29, 0.717) is 0 Å². The zero-order valence-electron chi connectivity index (χ0n) is 9.35. The smallest absolute Gasteiger partial charge is 0.328 e. The molecule has 0 aliphatic carbocycles. The number of hydrogen-bond acceptors (Lipinski definition) is 2. The van der Waals surface area contributed by atoms with Crippen LogP contribution in [0.3, 0.4) is 0 Å². The van der Waals surface area contributed by atoms with Gasteiger partial charge in [0.15, 0.2) is 11.6 Å². The Morgan fingerprint density at radius 2 is 2.00 bits per heavy atom. The van der Waals surface area contributed by atoms with Crippen LogP contribution in [0.15, 0.2) is 30.6 Å². The number of benzene rings is 1. The molecule has 1 aromatic carbocycles. The van der Waals surface area contributed by atoms with Crippen LogP contribution in [-0.2, 0) is 4.79 Å². The Labute approximate surface area is 120 Å². The summed E-state index contributed by atoms with van der Waals surface area (Å²) >= 11 is 1.97. The molecule has 19 heavy (non-hydrogen) atoms. The first-order valence-corrected chi connectivity index (χ1v) is 6.16. The molecule has 1 aromatic heterocycles. The number of aliphatic carboxylic acids is 1. The van der Waals surface area contributed by atoms with Crippen LogP contribution in [0.4, 0.5) is 8.78 Å². The van der Waals surface area contributed by atoms with Crippen LogP contribution in [0.5, 0.6) is 0 Å². The van der Waals surface area contributed by atoms with Gasteiger partial charge < -0.3 is 5.11 Å². The number of carbonyl (C=O) groups is 1. The minimum atomic E-state index is -1.19. The highest BCUT2D eigenvalue weighted by Gasteiger charge is 2.13. The van der Waals surface area contributed by atoms with Gasteiger partial charge in [-0.3, -0.25) is 0 Å². The third-order valence-corrected chi connectivity index (χ3v) is 2.79. The van der Waals surface area contributed by atoms with Crippen LogP contribution in [0, 0.1) is 15.2 Å². The van der Waals surface area contributed by atoms with Crippen LogP contribution in [0.25, 0.3) is 11.8 Å². The van der Waals surface area contributed by atoms with Crippen LogP contribution < -0.4 is 0 Å². The van der Waals surface area contributed by atoms with Crippen molar-refractivity contribution >= 4 is 34.6 Å². The van der Waals surface area contributed by atoms with Gasteiger partial charge in [-0.05, 0) is 46.4 Å². The molecule has 0 saturated carbocycles. The van der Waals surface area contributed by atoms with Gasteiger partial charge in [-0.1, -0.05) is 0 Å². The number of carboxylic acids is 1. The highest BCUT2D eigenvalue weighted by Crippen LogP contribution is 2.20. The maximum Gasteiger partial charge on any atom is 0.328 e. The van der Waals surface area contributed by atoms with Gasteiger partial charge in [0.2, 0.25) is 0 Å². The molecular weight excluding hydrogens is 369 g/mol. The predicted octanol–water partition coefficient (Wildman–Crippen LogP) is 2.85. The van der Waals surface area contributed by atoms with Gasteiger partial charge in [0.25, 0.3) is 0 Å². The van der Waals surface area contributed by atoms with Crippen molar-refractivity contribution in [2.75, 3.05) is 0 Å². The van der Waals surface area contributed by atoms with Gasteiger partial charge in [-0.2, -0.15) is 5.10 Å². The molecule has 4 nitrogen and oxygen atoms in total. The molecule has 0 saturated heterocycles. The second-order valence-corrected chi connectivity index (χ2v) is 4.85. The van der Waals surface area contributed by atoms with E-state index in [-0.39, 0.29) is 11.3 Å². The largest absolute Gasteiger partial charge is 0.478 e. The first-order chi connectivity index (χ1) is 8.97. The highest BCUT2D eigenvalue weighted by molar-refractivity contribution is 14.1. The standard InChI is InChI=1S/C12H7F2IN2O2/c13-9-3-7(1-2-11(18)19)4-10(14)12(9)17-6-8(15)5-16-17/h1-6H,(H,18,19). The van der Waals surface area contributed by atoms with E-state index in [9.17, 15) is 13.6 Å². The Hall–Kier alpha value is -1.77. The minimum Gasteiger partial charge on any atom is -0.478 e. The molecule has 98 valence electrons. The van der Waals surface area contributed by atoms with Crippen LogP contribution in [0.2, 0.25) is 0 Å². The lowest BCUT2D eigenvalue weighted by Gasteiger charge is -2.06. The molecular formula is C12H7F2IN2O2. The van der Waals surface area contributed by atoms with Crippen LogP contribution in [-0.4, -0.2) is 20.9 Å². The topological polar surface area (TPSA) is 55.1 Å². The van der Waals surface area contributed by atoms with Crippen molar-refractivity contribution in [3.05, 3.63) is 51.4 Å². The fourth-order valence-electron chi connectivity index (χ4n) is 1.49. The summed E-state index contributed by atoms with van der Waals surface area (Å²) in [5.41, 5.74) is -0.168. The quantitative estimate of drug-likeness (QED) is 0.662. The number of rotatable bonds is 3. The fraction of sp³-hybridized carbons (Fsp3) is 0. The van der Waals surface area contributed by atoms with Crippen LogP contribution >= 0.6 is 22.6 Å². The van der Waals surface area contributed by atoms with Crippen molar-refractivity contribution in [1.29, 1.82) is 0 Å². The first kappa shape index (κ1) is 13.7. The van der Waals surface area contributed by atoms with Crippen LogP contribution in [0.1, 0.15) is 5.56 Å². The molecule has 2 rings (SSSR count). The van der Waals surface area contributed by atoms with Crippen molar-refractivity contribution in [3.63, 3.8) is 0 Å². The average molecular weight is 376 g/mol. The number of hydrogen-bond donors (Lipinski definition) is 1. The highest BCUT2D eigenvalue weighted by atomic mass is 127. The lowest BCUT2D eigenvalue weighted by Crippen LogP contribution is -2.02. The maximum absolute atomic E-state index is 13.8. The molecule has 0 radical (unpaired) electrons. The van der Waals surface area contributed by atoms with Crippen molar-refractivity contribution < 1.29 is 18.7 Å². The van der Waals surface area contributed by atoms with Crippen molar-refractivity contribution in [3.8, 4) is 5.69 Å². The summed E-state index contributed by atoms with van der Waals surface area (Å²) < 4.78 is 29.5. The Kier molecular flexibility index (Phi) is 3.93. The third-order valence-electron chi connectivity index (χ3n) is 2.24. The normalized spacial score (nSPS) is 11.1. The molecule has 0 spiro atoms. The maximum atomic E-state index is 13.8. The second kappa shape index (κ2) is 5.47. The summed E-state index contributed by atoms with van der Waals surface area (Å²) in [4.78, 5) is 10.3. The Morgan fingerprint density at radius 3 is 2.47 bits per heavy atom. The zero-order valence-corrected chi connectivity index (χ0v) is 11.5. The molecule has 0 amide bonds. The van der Waals surface area contributed by atoms with Crippen molar-refractivity contribution in [1.82, 2.24) is 9.78 Å². The summed E-state index contributed by atoms with van der Waals surface area (Å²) in [6.45, 7) is 0. The molecule has 0 fully saturated rings. The van der Waals surface area contributed by atoms with Crippen molar-refractivity contribution in [2.24, 2.45) is 0 Å². The molecule has 0 aliphatic rings. The average Bonchev–Trinajstić information content (AvgIpc) is 2.72. The monoisotopic (exact) mass is 376 g/mol. The van der Waals surface area contributed by atoms with Gasteiger partial charge in [-0.15, -0.1) is 0 Å². The first-order valence-electron chi connectivity index (χ1n) is 5.08. The molecule has 0 bridgehead atoms. The van der Waals surface area contributed by atoms with E-state index in [1.807, 2.05) is 22.6 Å². The summed E-state index contributed by atoms with van der Waals surface area (Å²) in [7, 11) is 0. The van der Waals surface area contributed by atoms with Gasteiger partial charge in [0, 0.05) is 12.3 Å². The zero-order chi connectivity index (χ0) is 14.0. The lowest BCUT2D eigenvalue weighted by molar-refractivity contribution is -0.131. The SMILES string of the molecule is O=C(O)C=Cc1cc(F)c(-n2cc(I)cn2)c(F)c1. The molecule has 1 N–H and O–H groups in total. The Morgan fingerprint density at radius 1 is 1.37 bits per heavy atom. The number of carboxylic acid groups (broad SMARTS) is 1. The lowest BCUT2D eigenvalue weighted by atomic mass is 10.1. The molecule has 0 atom stereocenters. The van der Waals surface area contributed by atoms with Gasteiger partial charge >= 0.3 is 5.97 Å². The van der Waals surface area contributed by atoms with Gasteiger partial charge in [0.1, 0.15) is 5.69 Å². The molecule has 0 unspecified atom stereocenters. The van der Waals surface area contributed by atoms with Crippen molar-refractivity contribution in [2.45, 2.75) is 0 Å². The molecule has 7 heteroatoms. The fourth-order valence-corrected chi connectivity index (χ4v) is 1.88. The van der Waals surface area contributed by atoms with Gasteiger partial charge in [-0.25, -0.2) is 18.3 Å². The van der Waals surface area contributed by atoms with E-state index in [1.165, 1.54) is 12.4 Å². The summed E-state index contributed by atoms with van der Waals surface area (Å²) in [6.07, 6.45) is 4.88. The van der Waals surface area contributed by atoms with Gasteiger partial charge in [0.05, 0.1) is 9.77 Å². The molecule has 2 aromatic rings. The molecule has 0 aliphatic heterocycles. The summed E-state index contributed by atoms with van der Waals surface area (Å²) in [5, 5.41) is 12.3. The summed E-state index contributed by atoms with van der Waals surface area (Å²) in [5.74, 6) is -2.82. The van der Waals surface area contributed by atoms with E-state index in [1.54, 1.807) is 0 Å². The van der Waals surface area contributed by atoms with E-state index >= 15 is 0 Å². The predicted molar refractivity (Wildman–Crippen MR) is 72.9 cm³/mol. The van der Waals surface area contributed by atoms with E-state index in [2.05, 4.69) is 5.10 Å². The third kappa shape index (κ3) is 3.16. The number of halogens is 3. The number of nitrogens with zero attached hydrogens (tertiary/aromatic N) is 2. The summed E-state index contributed by atoms with van der Waals surface area (Å²) in [6, 6.07) is 2.10. The Bertz CT molecular complexity index is 644. The number of aromatic nitrogens is 2.